The van der Waals surface area contributed by atoms with Crippen LogP contribution in [0.25, 0.3) is 22.4 Å². The minimum Gasteiger partial charge on any atom is -0.437 e. The molecule has 156 valence electrons. The number of primary amides is 1. The van der Waals surface area contributed by atoms with Gasteiger partial charge in [-0.3, -0.25) is 4.72 Å². The number of furan rings is 1. The lowest BCUT2D eigenvalue weighted by atomic mass is 10.0. The molecule has 1 aromatic carbocycles. The zero-order valence-corrected chi connectivity index (χ0v) is 17.1. The Morgan fingerprint density at radius 3 is 2.47 bits per heavy atom. The molecular formula is C20H19N3O6S. The largest absolute Gasteiger partial charge is 0.437 e. The van der Waals surface area contributed by atoms with Crippen molar-refractivity contribution in [2.45, 2.75) is 25.7 Å². The summed E-state index contributed by atoms with van der Waals surface area (Å²) in [4.78, 5) is 28.2. The van der Waals surface area contributed by atoms with E-state index in [1.165, 1.54) is 0 Å². The summed E-state index contributed by atoms with van der Waals surface area (Å²) in [5, 5.41) is 0.317. The first kappa shape index (κ1) is 19.9. The first-order valence-electron chi connectivity index (χ1n) is 9.16. The molecule has 3 N–H and O–H groups in total. The van der Waals surface area contributed by atoms with Crippen LogP contribution in [0.15, 0.2) is 34.7 Å². The number of aromatic nitrogens is 1. The lowest BCUT2D eigenvalue weighted by Gasteiger charge is -2.09. The highest BCUT2D eigenvalue weighted by Crippen LogP contribution is 2.45. The second-order valence-corrected chi connectivity index (χ2v) is 9.06. The molecule has 0 saturated heterocycles. The van der Waals surface area contributed by atoms with Crippen LogP contribution in [-0.4, -0.2) is 31.7 Å². The number of ether oxygens (including phenoxy) is 1. The number of carbonyl (C=O) groups excluding carboxylic acids is 2. The summed E-state index contributed by atoms with van der Waals surface area (Å²) in [5.41, 5.74) is 7.30. The Hall–Kier alpha value is -3.40. The number of carbonyl (C=O) groups is 2. The third kappa shape index (κ3) is 3.99. The molecule has 1 fully saturated rings. The van der Waals surface area contributed by atoms with Gasteiger partial charge in [-0.1, -0.05) is 29.8 Å². The number of amides is 1. The number of esters is 1. The van der Waals surface area contributed by atoms with Crippen molar-refractivity contribution >= 4 is 39.0 Å². The molecule has 10 heteroatoms. The molecule has 0 aliphatic heterocycles. The number of hydrogen-bond donors (Lipinski definition) is 2. The molecule has 2 aromatic heterocycles. The Bertz CT molecular complexity index is 1270. The number of aryl methyl sites for hydroxylation is 1. The normalized spacial score (nSPS) is 13.9. The number of pyridine rings is 1. The number of hydrogen-bond acceptors (Lipinski definition) is 7. The molecule has 0 unspecified atom stereocenters. The zero-order chi connectivity index (χ0) is 21.6. The van der Waals surface area contributed by atoms with Crippen LogP contribution in [0.5, 0.6) is 0 Å². The van der Waals surface area contributed by atoms with E-state index in [1.54, 1.807) is 18.2 Å². The molecule has 0 atom stereocenters. The Morgan fingerprint density at radius 1 is 1.23 bits per heavy atom. The van der Waals surface area contributed by atoms with Crippen LogP contribution in [-0.2, 0) is 14.8 Å². The van der Waals surface area contributed by atoms with Gasteiger partial charge in [-0.25, -0.2) is 18.0 Å². The Kier molecular flexibility index (Phi) is 4.73. The van der Waals surface area contributed by atoms with Gasteiger partial charge in [-0.15, -0.1) is 0 Å². The molecule has 1 aliphatic rings. The van der Waals surface area contributed by atoms with Crippen molar-refractivity contribution in [3.8, 4) is 11.3 Å². The van der Waals surface area contributed by atoms with Crippen molar-refractivity contribution in [1.29, 1.82) is 0 Å². The average molecular weight is 429 g/mol. The first-order chi connectivity index (χ1) is 14.1. The third-order valence-electron chi connectivity index (χ3n) is 4.72. The summed E-state index contributed by atoms with van der Waals surface area (Å²) in [6.07, 6.45) is 1.53. The Balaban J connectivity index is 1.96. The molecule has 1 aliphatic carbocycles. The van der Waals surface area contributed by atoms with Gasteiger partial charge in [0.05, 0.1) is 11.6 Å². The highest BCUT2D eigenvalue weighted by Gasteiger charge is 2.32. The summed E-state index contributed by atoms with van der Waals surface area (Å²) < 4.78 is 36.4. The van der Waals surface area contributed by atoms with E-state index in [9.17, 15) is 18.0 Å². The average Bonchev–Trinajstić information content (AvgIpc) is 3.40. The Morgan fingerprint density at radius 2 is 1.90 bits per heavy atom. The van der Waals surface area contributed by atoms with Gasteiger partial charge >= 0.3 is 12.1 Å². The summed E-state index contributed by atoms with van der Waals surface area (Å²) >= 11 is 0. The van der Waals surface area contributed by atoms with Crippen LogP contribution in [0.4, 0.5) is 10.6 Å². The van der Waals surface area contributed by atoms with E-state index in [0.29, 0.717) is 16.5 Å². The topological polar surface area (TPSA) is 142 Å². The van der Waals surface area contributed by atoms with Crippen molar-refractivity contribution in [3.05, 3.63) is 47.0 Å². The number of sulfonamides is 1. The number of benzene rings is 1. The maximum atomic E-state index is 12.7. The van der Waals surface area contributed by atoms with Gasteiger partial charge in [-0.2, -0.15) is 4.98 Å². The fraction of sp³-hybridized carbons (Fsp3) is 0.250. The molecule has 9 nitrogen and oxygen atoms in total. The van der Waals surface area contributed by atoms with Crippen LogP contribution in [0.3, 0.4) is 0 Å². The van der Waals surface area contributed by atoms with Crippen LogP contribution >= 0.6 is 0 Å². The van der Waals surface area contributed by atoms with Crippen molar-refractivity contribution in [1.82, 2.24) is 4.98 Å². The molecule has 1 saturated carbocycles. The number of nitrogens with one attached hydrogen (secondary N) is 1. The second-order valence-electron chi connectivity index (χ2n) is 7.31. The van der Waals surface area contributed by atoms with Crippen LogP contribution in [0, 0.1) is 6.92 Å². The molecule has 0 bridgehead atoms. The van der Waals surface area contributed by atoms with E-state index in [0.717, 1.165) is 24.7 Å². The summed E-state index contributed by atoms with van der Waals surface area (Å²) in [7, 11) is -3.57. The van der Waals surface area contributed by atoms with Crippen molar-refractivity contribution in [3.63, 3.8) is 0 Å². The summed E-state index contributed by atoms with van der Waals surface area (Å²) in [6.45, 7) is 1.91. The van der Waals surface area contributed by atoms with Crippen LogP contribution < -0.4 is 10.5 Å². The molecule has 2 heterocycles. The number of fused-ring (bicyclic) bond motifs is 1. The fourth-order valence-electron chi connectivity index (χ4n) is 3.25. The van der Waals surface area contributed by atoms with Crippen molar-refractivity contribution in [2.75, 3.05) is 11.0 Å². The lowest BCUT2D eigenvalue weighted by Crippen LogP contribution is -2.18. The lowest BCUT2D eigenvalue weighted by molar-refractivity contribution is 0.0640. The van der Waals surface area contributed by atoms with Crippen LogP contribution in [0.2, 0.25) is 0 Å². The minimum absolute atomic E-state index is 0.00737. The van der Waals surface area contributed by atoms with Gasteiger partial charge in [-0.05, 0) is 37.3 Å². The van der Waals surface area contributed by atoms with E-state index in [1.807, 2.05) is 19.1 Å². The van der Waals surface area contributed by atoms with E-state index in [2.05, 4.69) is 14.4 Å². The first-order valence-corrected chi connectivity index (χ1v) is 11.1. The molecule has 1 amide bonds. The van der Waals surface area contributed by atoms with Gasteiger partial charge in [0.2, 0.25) is 15.7 Å². The minimum atomic E-state index is -3.57. The molecule has 3 aromatic rings. The van der Waals surface area contributed by atoms with E-state index in [-0.39, 0.29) is 28.8 Å². The second kappa shape index (κ2) is 7.13. The predicted molar refractivity (Wildman–Crippen MR) is 110 cm³/mol. The van der Waals surface area contributed by atoms with Crippen LogP contribution in [0.1, 0.15) is 40.2 Å². The van der Waals surface area contributed by atoms with Crippen molar-refractivity contribution in [2.24, 2.45) is 5.73 Å². The predicted octanol–water partition coefficient (Wildman–Crippen LogP) is 3.29. The van der Waals surface area contributed by atoms with E-state index < -0.39 is 22.1 Å². The van der Waals surface area contributed by atoms with E-state index >= 15 is 0 Å². The Labute approximate surface area is 172 Å². The van der Waals surface area contributed by atoms with Gasteiger partial charge in [0.15, 0.2) is 5.76 Å². The quantitative estimate of drug-likeness (QED) is 0.468. The maximum absolute atomic E-state index is 12.7. The monoisotopic (exact) mass is 429 g/mol. The third-order valence-corrected chi connectivity index (χ3v) is 5.29. The van der Waals surface area contributed by atoms with E-state index in [4.69, 9.17) is 10.2 Å². The number of nitrogens with two attached hydrogens (primary N) is 1. The van der Waals surface area contributed by atoms with Gasteiger partial charge < -0.3 is 14.9 Å². The number of rotatable bonds is 5. The fourth-order valence-corrected chi connectivity index (χ4v) is 3.77. The standard InChI is InChI=1S/C20H19N3O6S/c1-10-3-5-12(6-4-10)16-15(19(24)29-20(21)25)14-9-13(11-7-8-11)17(22-18(14)28-16)23-30(2,26)27/h3-6,9,11H,7-8H2,1-2H3,(H2,21,25)(H,22,23). The molecule has 4 rings (SSSR count). The van der Waals surface area contributed by atoms with Crippen molar-refractivity contribution < 1.29 is 27.2 Å². The highest BCUT2D eigenvalue weighted by molar-refractivity contribution is 7.92. The molecule has 0 radical (unpaired) electrons. The van der Waals surface area contributed by atoms with Gasteiger partial charge in [0.1, 0.15) is 11.4 Å². The molecular weight excluding hydrogens is 410 g/mol. The van der Waals surface area contributed by atoms with Gasteiger partial charge in [0, 0.05) is 5.56 Å². The van der Waals surface area contributed by atoms with Gasteiger partial charge in [0.25, 0.3) is 0 Å². The number of anilines is 1. The highest BCUT2D eigenvalue weighted by atomic mass is 32.2. The molecule has 0 spiro atoms. The smallest absolute Gasteiger partial charge is 0.412 e. The molecule has 30 heavy (non-hydrogen) atoms. The summed E-state index contributed by atoms with van der Waals surface area (Å²) in [5.74, 6) is -0.540. The summed E-state index contributed by atoms with van der Waals surface area (Å²) in [6, 6.07) is 8.85. The maximum Gasteiger partial charge on any atom is 0.412 e. The zero-order valence-electron chi connectivity index (χ0n) is 16.3. The SMILES string of the molecule is Cc1ccc(-c2oc3nc(NS(C)(=O)=O)c(C4CC4)cc3c2C(=O)OC(N)=O)cc1. The number of nitrogens with zero attached hydrogens (tertiary/aromatic N) is 1.